The van der Waals surface area contributed by atoms with Gasteiger partial charge in [-0.2, -0.15) is 0 Å². The van der Waals surface area contributed by atoms with Gasteiger partial charge in [0.1, 0.15) is 21.8 Å². The molecule has 39 heavy (non-hydrogen) atoms. The second kappa shape index (κ2) is 10.5. The Morgan fingerprint density at radius 3 is 2.64 bits per heavy atom. The van der Waals surface area contributed by atoms with Crippen molar-refractivity contribution in [3.8, 4) is 11.5 Å². The number of likely N-dealkylation sites (N-methyl/N-ethyl adjacent to an activating group) is 1. The lowest BCUT2D eigenvalue weighted by atomic mass is 9.89. The van der Waals surface area contributed by atoms with Crippen molar-refractivity contribution >= 4 is 35.1 Å². The number of pyridine rings is 1. The first kappa shape index (κ1) is 25.7. The zero-order valence-electron chi connectivity index (χ0n) is 22.4. The van der Waals surface area contributed by atoms with Gasteiger partial charge in [0, 0.05) is 23.8 Å². The number of nitrogens with one attached hydrogen (secondary N) is 2. The van der Waals surface area contributed by atoms with E-state index in [2.05, 4.69) is 34.6 Å². The largest absolute Gasteiger partial charge is 0.457 e. The lowest BCUT2D eigenvalue weighted by Gasteiger charge is -2.38. The van der Waals surface area contributed by atoms with Crippen molar-refractivity contribution in [2.45, 2.75) is 61.0 Å². The van der Waals surface area contributed by atoms with Crippen molar-refractivity contribution in [3.05, 3.63) is 71.9 Å². The second-order valence-corrected chi connectivity index (χ2v) is 11.8. The van der Waals surface area contributed by atoms with Crippen LogP contribution < -0.4 is 20.3 Å². The van der Waals surface area contributed by atoms with Crippen LogP contribution in [0.4, 0.5) is 16.2 Å². The first-order valence-corrected chi connectivity index (χ1v) is 14.3. The maximum atomic E-state index is 13.6. The number of carbonyl (C=O) groups is 2. The summed E-state index contributed by atoms with van der Waals surface area (Å²) in [6.45, 7) is 1.96. The molecule has 1 fully saturated rings. The molecule has 1 saturated carbocycles. The Labute approximate surface area is 233 Å². The van der Waals surface area contributed by atoms with E-state index >= 15 is 0 Å². The summed E-state index contributed by atoms with van der Waals surface area (Å²) < 4.78 is 5.99. The molecule has 2 unspecified atom stereocenters. The van der Waals surface area contributed by atoms with Gasteiger partial charge in [0.05, 0.1) is 17.4 Å². The van der Waals surface area contributed by atoms with E-state index in [0.717, 1.165) is 52.5 Å². The van der Waals surface area contributed by atoms with Gasteiger partial charge in [0.2, 0.25) is 5.91 Å². The molecule has 4 atom stereocenters. The first-order chi connectivity index (χ1) is 18.9. The van der Waals surface area contributed by atoms with Crippen LogP contribution in [-0.4, -0.2) is 53.3 Å². The molecule has 2 aromatic carbocycles. The molecule has 6 rings (SSSR count). The SMILES string of the molecule is Cc1cc(Oc2ccccc2)ccc1N1C(=O)NC2c3c1ccnc3SC2C(=O)N[C@@H]1CCCC[C@@H]1N(C)C. The van der Waals surface area contributed by atoms with Crippen molar-refractivity contribution in [2.75, 3.05) is 19.0 Å². The van der Waals surface area contributed by atoms with Crippen molar-refractivity contribution in [3.63, 3.8) is 0 Å². The standard InChI is InChI=1S/C30H33N5O3S/c1-18-17-20(38-19-9-5-4-6-10-19)13-14-22(18)35-24-15-16-31-29-25(24)26(33-30(35)37)27(39-29)28(36)32-21-11-7-8-12-23(21)34(2)3/h4-6,9-10,13-17,21,23,26-27H,7-8,11-12H2,1-3H3,(H,32,36)(H,33,37)/t21-,23+,26?,27?/m1/s1. The van der Waals surface area contributed by atoms with Crippen LogP contribution in [0.5, 0.6) is 11.5 Å². The van der Waals surface area contributed by atoms with E-state index in [1.807, 2.05) is 61.5 Å². The van der Waals surface area contributed by atoms with Gasteiger partial charge in [-0.3, -0.25) is 9.69 Å². The van der Waals surface area contributed by atoms with Crippen molar-refractivity contribution < 1.29 is 14.3 Å². The first-order valence-electron chi connectivity index (χ1n) is 13.5. The van der Waals surface area contributed by atoms with Crippen molar-refractivity contribution in [1.82, 2.24) is 20.5 Å². The molecule has 3 amide bonds. The second-order valence-electron chi connectivity index (χ2n) is 10.6. The number of amides is 3. The average Bonchev–Trinajstić information content (AvgIpc) is 3.30. The van der Waals surface area contributed by atoms with E-state index in [9.17, 15) is 9.59 Å². The van der Waals surface area contributed by atoms with E-state index in [0.29, 0.717) is 11.8 Å². The molecule has 202 valence electrons. The molecule has 8 nitrogen and oxygen atoms in total. The van der Waals surface area contributed by atoms with Crippen molar-refractivity contribution in [1.29, 1.82) is 0 Å². The Morgan fingerprint density at radius 2 is 1.87 bits per heavy atom. The summed E-state index contributed by atoms with van der Waals surface area (Å²) >= 11 is 1.44. The molecule has 2 aliphatic heterocycles. The topological polar surface area (TPSA) is 86.8 Å². The number of para-hydroxylation sites is 1. The summed E-state index contributed by atoms with van der Waals surface area (Å²) in [4.78, 5) is 35.7. The third kappa shape index (κ3) is 4.85. The number of hydrogen-bond acceptors (Lipinski definition) is 6. The van der Waals surface area contributed by atoms with Crippen LogP contribution in [0.25, 0.3) is 0 Å². The maximum Gasteiger partial charge on any atom is 0.327 e. The molecule has 3 heterocycles. The molecule has 0 radical (unpaired) electrons. The molecular weight excluding hydrogens is 510 g/mol. The minimum absolute atomic E-state index is 0.0416. The number of ether oxygens (including phenoxy) is 1. The van der Waals surface area contributed by atoms with E-state index in [-0.39, 0.29) is 18.0 Å². The molecule has 1 aromatic heterocycles. The zero-order chi connectivity index (χ0) is 27.1. The van der Waals surface area contributed by atoms with Crippen LogP contribution in [0.15, 0.2) is 65.8 Å². The van der Waals surface area contributed by atoms with Gasteiger partial charge in [-0.25, -0.2) is 9.78 Å². The molecule has 0 spiro atoms. The van der Waals surface area contributed by atoms with Gasteiger partial charge in [0.25, 0.3) is 0 Å². The Bertz CT molecular complexity index is 1400. The Kier molecular flexibility index (Phi) is 6.95. The lowest BCUT2D eigenvalue weighted by molar-refractivity contribution is -0.122. The van der Waals surface area contributed by atoms with Gasteiger partial charge in [-0.05, 0) is 75.8 Å². The molecule has 2 N–H and O–H groups in total. The quantitative estimate of drug-likeness (QED) is 0.424. The highest BCUT2D eigenvalue weighted by Crippen LogP contribution is 2.51. The van der Waals surface area contributed by atoms with Crippen LogP contribution in [0.3, 0.4) is 0 Å². The van der Waals surface area contributed by atoms with Crippen LogP contribution in [0, 0.1) is 6.92 Å². The molecule has 9 heteroatoms. The smallest absolute Gasteiger partial charge is 0.327 e. The van der Waals surface area contributed by atoms with E-state index in [1.54, 1.807) is 11.1 Å². The summed E-state index contributed by atoms with van der Waals surface area (Å²) in [5.74, 6) is 1.41. The summed E-state index contributed by atoms with van der Waals surface area (Å²) in [6, 6.07) is 16.9. The molecule has 0 saturated heterocycles. The number of benzene rings is 2. The summed E-state index contributed by atoms with van der Waals surface area (Å²) in [5.41, 5.74) is 3.32. The third-order valence-corrected chi connectivity index (χ3v) is 9.16. The van der Waals surface area contributed by atoms with Crippen LogP contribution >= 0.6 is 11.8 Å². The number of hydrogen-bond donors (Lipinski definition) is 2. The third-order valence-electron chi connectivity index (χ3n) is 7.87. The highest BCUT2D eigenvalue weighted by molar-refractivity contribution is 8.01. The monoisotopic (exact) mass is 543 g/mol. The normalized spacial score (nSPS) is 23.8. The molecule has 3 aliphatic rings. The summed E-state index contributed by atoms with van der Waals surface area (Å²) in [6.07, 6.45) is 6.06. The van der Waals surface area contributed by atoms with E-state index in [4.69, 9.17) is 4.74 Å². The lowest BCUT2D eigenvalue weighted by Crippen LogP contribution is -2.55. The van der Waals surface area contributed by atoms with Crippen molar-refractivity contribution in [2.24, 2.45) is 0 Å². The number of aryl methyl sites for hydroxylation is 1. The predicted molar refractivity (Wildman–Crippen MR) is 153 cm³/mol. The highest BCUT2D eigenvalue weighted by atomic mass is 32.2. The molecule has 3 aromatic rings. The Balaban J connectivity index is 1.26. The molecule has 0 bridgehead atoms. The van der Waals surface area contributed by atoms with Crippen LogP contribution in [0.2, 0.25) is 0 Å². The summed E-state index contributed by atoms with van der Waals surface area (Å²) in [5, 5.41) is 6.77. The molecule has 1 aliphatic carbocycles. The number of nitrogens with zero attached hydrogens (tertiary/aromatic N) is 3. The minimum atomic E-state index is -0.466. The van der Waals surface area contributed by atoms with Gasteiger partial charge in [-0.1, -0.05) is 42.8 Å². The number of urea groups is 1. The summed E-state index contributed by atoms with van der Waals surface area (Å²) in [7, 11) is 4.15. The van der Waals surface area contributed by atoms with E-state index in [1.165, 1.54) is 18.2 Å². The van der Waals surface area contributed by atoms with Crippen LogP contribution in [-0.2, 0) is 4.79 Å². The van der Waals surface area contributed by atoms with Crippen LogP contribution in [0.1, 0.15) is 42.9 Å². The fourth-order valence-electron chi connectivity index (χ4n) is 5.99. The number of rotatable bonds is 6. The predicted octanol–water partition coefficient (Wildman–Crippen LogP) is 5.55. The Hall–Kier alpha value is -3.56. The fraction of sp³-hybridized carbons (Fsp3) is 0.367. The van der Waals surface area contributed by atoms with Gasteiger partial charge >= 0.3 is 6.03 Å². The van der Waals surface area contributed by atoms with Gasteiger partial charge in [-0.15, -0.1) is 0 Å². The average molecular weight is 544 g/mol. The fourth-order valence-corrected chi connectivity index (χ4v) is 7.23. The number of anilines is 2. The highest BCUT2D eigenvalue weighted by Gasteiger charge is 2.47. The van der Waals surface area contributed by atoms with E-state index < -0.39 is 11.3 Å². The Morgan fingerprint density at radius 1 is 1.08 bits per heavy atom. The molecular formula is C30H33N5O3S. The minimum Gasteiger partial charge on any atom is -0.457 e. The number of aromatic nitrogens is 1. The van der Waals surface area contributed by atoms with Gasteiger partial charge < -0.3 is 20.3 Å². The maximum absolute atomic E-state index is 13.6. The van der Waals surface area contributed by atoms with Gasteiger partial charge in [0.15, 0.2) is 0 Å². The zero-order valence-corrected chi connectivity index (χ0v) is 23.2. The number of carbonyl (C=O) groups excluding carboxylic acids is 2. The number of thioether (sulfide) groups is 1.